The zero-order valence-corrected chi connectivity index (χ0v) is 12.1. The summed E-state index contributed by atoms with van der Waals surface area (Å²) in [5.74, 6) is -0.994. The van der Waals surface area contributed by atoms with Crippen LogP contribution in [0.25, 0.3) is 17.0 Å². The highest BCUT2D eigenvalue weighted by Crippen LogP contribution is 2.31. The predicted octanol–water partition coefficient (Wildman–Crippen LogP) is 3.35. The highest BCUT2D eigenvalue weighted by molar-refractivity contribution is 6.33. The van der Waals surface area contributed by atoms with Crippen molar-refractivity contribution in [3.8, 4) is 0 Å². The average molecular weight is 294 g/mol. The molecule has 2 aromatic rings. The Morgan fingerprint density at radius 2 is 2.25 bits per heavy atom. The summed E-state index contributed by atoms with van der Waals surface area (Å²) in [5, 5.41) is 10.2. The Morgan fingerprint density at radius 1 is 1.50 bits per heavy atom. The van der Waals surface area contributed by atoms with E-state index in [1.54, 1.807) is 7.11 Å². The summed E-state index contributed by atoms with van der Waals surface area (Å²) >= 11 is 6.39. The average Bonchev–Trinajstić information content (AvgIpc) is 2.65. The van der Waals surface area contributed by atoms with Crippen LogP contribution in [0.2, 0.25) is 5.15 Å². The summed E-state index contributed by atoms with van der Waals surface area (Å²) in [6.45, 7) is 3.17. The highest BCUT2D eigenvalue weighted by atomic mass is 35.5. The third kappa shape index (κ3) is 2.86. The van der Waals surface area contributed by atoms with E-state index >= 15 is 0 Å². The molecule has 1 heterocycles. The number of ether oxygens (including phenoxy) is 1. The van der Waals surface area contributed by atoms with E-state index in [9.17, 15) is 4.79 Å². The molecule has 0 saturated heterocycles. The molecule has 5 heteroatoms. The number of hydrogen-bond acceptors (Lipinski definition) is 2. The van der Waals surface area contributed by atoms with Crippen LogP contribution in [-0.4, -0.2) is 29.4 Å². The number of aromatic nitrogens is 1. The summed E-state index contributed by atoms with van der Waals surface area (Å²) in [7, 11) is 1.64. The molecule has 20 heavy (non-hydrogen) atoms. The van der Waals surface area contributed by atoms with E-state index in [0.29, 0.717) is 18.3 Å². The lowest BCUT2D eigenvalue weighted by molar-refractivity contribution is -0.131. The lowest BCUT2D eigenvalue weighted by Crippen LogP contribution is -2.04. The van der Waals surface area contributed by atoms with Crippen LogP contribution in [0.3, 0.4) is 0 Å². The molecule has 0 aliphatic carbocycles. The molecule has 4 nitrogen and oxygen atoms in total. The summed E-state index contributed by atoms with van der Waals surface area (Å²) in [5.41, 5.74) is 2.83. The number of nitrogens with zero attached hydrogens (tertiary/aromatic N) is 1. The molecule has 0 bridgehead atoms. The van der Waals surface area contributed by atoms with Gasteiger partial charge in [0.25, 0.3) is 0 Å². The van der Waals surface area contributed by atoms with E-state index < -0.39 is 5.97 Å². The highest BCUT2D eigenvalue weighted by Gasteiger charge is 2.14. The molecule has 0 saturated carbocycles. The van der Waals surface area contributed by atoms with Gasteiger partial charge in [-0.25, -0.2) is 4.79 Å². The van der Waals surface area contributed by atoms with Crippen molar-refractivity contribution in [1.29, 1.82) is 0 Å². The molecule has 0 spiro atoms. The fourth-order valence-corrected chi connectivity index (χ4v) is 2.51. The molecule has 0 radical (unpaired) electrons. The molecule has 1 N–H and O–H groups in total. The molecule has 0 amide bonds. The maximum Gasteiger partial charge on any atom is 0.328 e. The SMILES string of the molecule is COCCn1c(Cl)c(/C=C/C(=O)O)c2ccc(C)cc21. The number of carbonyl (C=O) groups is 1. The number of rotatable bonds is 5. The van der Waals surface area contributed by atoms with Gasteiger partial charge in [0.2, 0.25) is 0 Å². The minimum absolute atomic E-state index is 0.528. The number of carboxylic acids is 1. The minimum atomic E-state index is -0.994. The third-order valence-corrected chi connectivity index (χ3v) is 3.51. The Labute approximate surface area is 122 Å². The second kappa shape index (κ2) is 6.11. The second-order valence-electron chi connectivity index (χ2n) is 4.54. The van der Waals surface area contributed by atoms with Crippen molar-refractivity contribution < 1.29 is 14.6 Å². The van der Waals surface area contributed by atoms with E-state index in [4.69, 9.17) is 21.4 Å². The molecular formula is C15H16ClNO3. The number of aryl methyl sites for hydroxylation is 1. The molecule has 2 rings (SSSR count). The zero-order chi connectivity index (χ0) is 14.7. The van der Waals surface area contributed by atoms with Crippen LogP contribution >= 0.6 is 11.6 Å². The standard InChI is InChI=1S/C15H16ClNO3/c1-10-3-4-11-12(5-6-14(18)19)15(16)17(7-8-20-2)13(11)9-10/h3-6,9H,7-8H2,1-2H3,(H,18,19)/b6-5+. The van der Waals surface area contributed by atoms with E-state index in [2.05, 4.69) is 0 Å². The van der Waals surface area contributed by atoms with Gasteiger partial charge in [0.15, 0.2) is 0 Å². The first-order valence-corrected chi connectivity index (χ1v) is 6.60. The summed E-state index contributed by atoms with van der Waals surface area (Å²) < 4.78 is 7.04. The minimum Gasteiger partial charge on any atom is -0.478 e. The smallest absolute Gasteiger partial charge is 0.328 e. The second-order valence-corrected chi connectivity index (χ2v) is 4.90. The first-order chi connectivity index (χ1) is 9.54. The first kappa shape index (κ1) is 14.6. The molecule has 0 aliphatic heterocycles. The van der Waals surface area contributed by atoms with Gasteiger partial charge in [0.05, 0.1) is 12.1 Å². The molecule has 0 unspecified atom stereocenters. The summed E-state index contributed by atoms with van der Waals surface area (Å²) in [6, 6.07) is 5.98. The Balaban J connectivity index is 2.62. The van der Waals surface area contributed by atoms with Crippen molar-refractivity contribution in [3.05, 3.63) is 40.6 Å². The summed E-state index contributed by atoms with van der Waals surface area (Å²) in [6.07, 6.45) is 2.63. The number of benzene rings is 1. The lowest BCUT2D eigenvalue weighted by atomic mass is 10.1. The van der Waals surface area contributed by atoms with Gasteiger partial charge in [-0.2, -0.15) is 0 Å². The normalized spacial score (nSPS) is 11.6. The zero-order valence-electron chi connectivity index (χ0n) is 11.4. The van der Waals surface area contributed by atoms with Crippen LogP contribution in [0.1, 0.15) is 11.1 Å². The number of carboxylic acid groups (broad SMARTS) is 1. The predicted molar refractivity (Wildman–Crippen MR) is 80.2 cm³/mol. The van der Waals surface area contributed by atoms with E-state index in [0.717, 1.165) is 28.1 Å². The topological polar surface area (TPSA) is 51.5 Å². The lowest BCUT2D eigenvalue weighted by Gasteiger charge is -2.06. The van der Waals surface area contributed by atoms with Crippen molar-refractivity contribution in [2.75, 3.05) is 13.7 Å². The van der Waals surface area contributed by atoms with Crippen molar-refractivity contribution in [3.63, 3.8) is 0 Å². The Kier molecular flexibility index (Phi) is 4.47. The van der Waals surface area contributed by atoms with Gasteiger partial charge in [-0.05, 0) is 24.6 Å². The van der Waals surface area contributed by atoms with Crippen LogP contribution in [-0.2, 0) is 16.1 Å². The van der Waals surface area contributed by atoms with Gasteiger partial charge in [-0.1, -0.05) is 23.7 Å². The molecule has 0 atom stereocenters. The van der Waals surface area contributed by atoms with E-state index in [1.165, 1.54) is 6.08 Å². The van der Waals surface area contributed by atoms with Crippen LogP contribution < -0.4 is 0 Å². The third-order valence-electron chi connectivity index (χ3n) is 3.11. The van der Waals surface area contributed by atoms with Crippen molar-refractivity contribution in [1.82, 2.24) is 4.57 Å². The molecule has 0 fully saturated rings. The van der Waals surface area contributed by atoms with Crippen molar-refractivity contribution >= 4 is 34.5 Å². The molecule has 106 valence electrons. The quantitative estimate of drug-likeness (QED) is 0.860. The first-order valence-electron chi connectivity index (χ1n) is 6.23. The molecule has 0 aliphatic rings. The van der Waals surface area contributed by atoms with Gasteiger partial charge in [-0.15, -0.1) is 0 Å². The van der Waals surface area contributed by atoms with Gasteiger partial charge in [0.1, 0.15) is 5.15 Å². The number of methoxy groups -OCH3 is 1. The molecule has 1 aromatic heterocycles. The van der Waals surface area contributed by atoms with Crippen molar-refractivity contribution in [2.45, 2.75) is 13.5 Å². The van der Waals surface area contributed by atoms with Crippen LogP contribution in [0, 0.1) is 6.92 Å². The number of hydrogen-bond donors (Lipinski definition) is 1. The monoisotopic (exact) mass is 293 g/mol. The number of halogens is 1. The van der Waals surface area contributed by atoms with E-state index in [-0.39, 0.29) is 0 Å². The van der Waals surface area contributed by atoms with Gasteiger partial charge in [0, 0.05) is 30.7 Å². The van der Waals surface area contributed by atoms with Gasteiger partial charge < -0.3 is 14.4 Å². The Morgan fingerprint density at radius 3 is 2.90 bits per heavy atom. The maximum absolute atomic E-state index is 10.7. The number of fused-ring (bicyclic) bond motifs is 1. The Bertz CT molecular complexity index is 673. The summed E-state index contributed by atoms with van der Waals surface area (Å²) in [4.78, 5) is 10.7. The number of aliphatic carboxylic acids is 1. The van der Waals surface area contributed by atoms with E-state index in [1.807, 2.05) is 29.7 Å². The molecule has 1 aromatic carbocycles. The van der Waals surface area contributed by atoms with Crippen molar-refractivity contribution in [2.24, 2.45) is 0 Å². The van der Waals surface area contributed by atoms with Gasteiger partial charge in [-0.3, -0.25) is 0 Å². The van der Waals surface area contributed by atoms with Gasteiger partial charge >= 0.3 is 5.97 Å². The van der Waals surface area contributed by atoms with Crippen LogP contribution in [0.5, 0.6) is 0 Å². The van der Waals surface area contributed by atoms with Crippen LogP contribution in [0.15, 0.2) is 24.3 Å². The Hall–Kier alpha value is -1.78. The largest absolute Gasteiger partial charge is 0.478 e. The van der Waals surface area contributed by atoms with Crippen LogP contribution in [0.4, 0.5) is 0 Å². The molecular weight excluding hydrogens is 278 g/mol. The fraction of sp³-hybridized carbons (Fsp3) is 0.267. The fourth-order valence-electron chi connectivity index (χ4n) is 2.17. The maximum atomic E-state index is 10.7.